The molecule has 1 spiro atoms. The minimum atomic E-state index is -2.65. The average molecular weight is 595 g/mol. The van der Waals surface area contributed by atoms with Gasteiger partial charge in [-0.05, 0) is 88.0 Å². The minimum absolute atomic E-state index is 0.0611. The van der Waals surface area contributed by atoms with E-state index < -0.39 is 58.0 Å². The summed E-state index contributed by atoms with van der Waals surface area (Å²) in [5, 5.41) is 49.5. The highest BCUT2D eigenvalue weighted by molar-refractivity contribution is 6.24. The number of nitrogens with zero attached hydrogens (tertiary/aromatic N) is 2. The summed E-state index contributed by atoms with van der Waals surface area (Å²) in [7, 11) is 6.91. The lowest BCUT2D eigenvalue weighted by molar-refractivity contribution is -0.153. The first-order chi connectivity index (χ1) is 20.2. The van der Waals surface area contributed by atoms with E-state index in [0.29, 0.717) is 29.0 Å². The Balaban J connectivity index is 1.39. The molecule has 4 atom stereocenters. The topological polar surface area (TPSA) is 177 Å². The molecule has 5 aliphatic rings. The van der Waals surface area contributed by atoms with Gasteiger partial charge in [-0.1, -0.05) is 6.42 Å². The van der Waals surface area contributed by atoms with Crippen LogP contribution in [0.2, 0.25) is 0 Å². The molecule has 3 saturated carbocycles. The highest BCUT2D eigenvalue weighted by Crippen LogP contribution is 2.58. The summed E-state index contributed by atoms with van der Waals surface area (Å²) in [6, 6.07) is 0.789. The lowest BCUT2D eigenvalue weighted by Gasteiger charge is -2.54. The predicted molar refractivity (Wildman–Crippen MR) is 159 cm³/mol. The first-order valence-electron chi connectivity index (χ1n) is 15.1. The molecule has 1 aromatic carbocycles. The number of anilines is 1. The van der Waals surface area contributed by atoms with Crippen LogP contribution in [0.15, 0.2) is 23.0 Å². The number of phenolic OH excluding ortho intramolecular Hbond substituents is 1. The van der Waals surface area contributed by atoms with E-state index in [1.54, 1.807) is 14.1 Å². The van der Waals surface area contributed by atoms with Gasteiger partial charge in [0.15, 0.2) is 11.4 Å². The van der Waals surface area contributed by atoms with Crippen molar-refractivity contribution in [1.29, 1.82) is 0 Å². The Labute approximate surface area is 251 Å². The van der Waals surface area contributed by atoms with Gasteiger partial charge in [0.25, 0.3) is 5.91 Å². The Hall–Kier alpha value is -3.41. The van der Waals surface area contributed by atoms with Gasteiger partial charge in [0.1, 0.15) is 22.8 Å². The maximum Gasteiger partial charge on any atom is 0.255 e. The molecule has 11 nitrogen and oxygen atoms in total. The molecule has 1 amide bonds. The molecule has 1 aromatic rings. The van der Waals surface area contributed by atoms with E-state index in [9.17, 15) is 34.8 Å². The zero-order chi connectivity index (χ0) is 31.2. The van der Waals surface area contributed by atoms with Crippen molar-refractivity contribution >= 4 is 28.9 Å². The van der Waals surface area contributed by atoms with Crippen LogP contribution in [-0.4, -0.2) is 89.2 Å². The number of carbonyl (C=O) groups is 3. The van der Waals surface area contributed by atoms with E-state index >= 15 is 0 Å². The maximum absolute atomic E-state index is 14.1. The van der Waals surface area contributed by atoms with E-state index in [1.165, 1.54) is 37.0 Å². The monoisotopic (exact) mass is 594 g/mol. The molecule has 0 aliphatic heterocycles. The lowest BCUT2D eigenvalue weighted by Crippen LogP contribution is -2.65. The maximum atomic E-state index is 14.1. The molecule has 11 heteroatoms. The Bertz CT molecular complexity index is 1480. The molecule has 0 radical (unpaired) electrons. The molecule has 3 fully saturated rings. The molecule has 0 heterocycles. The summed E-state index contributed by atoms with van der Waals surface area (Å²) < 4.78 is 0. The Morgan fingerprint density at radius 1 is 1.12 bits per heavy atom. The minimum Gasteiger partial charge on any atom is -0.508 e. The summed E-state index contributed by atoms with van der Waals surface area (Å²) in [5.41, 5.74) is 4.50. The van der Waals surface area contributed by atoms with Crippen LogP contribution in [0.25, 0.3) is 5.76 Å². The summed E-state index contributed by atoms with van der Waals surface area (Å²) >= 11 is 0. The van der Waals surface area contributed by atoms with E-state index in [0.717, 1.165) is 12.2 Å². The number of amides is 1. The number of Topliss-reactive ketones (excluding diaryl/α,β-unsaturated/α-hetero) is 2. The third-order valence-electron chi connectivity index (χ3n) is 10.9. The molecule has 0 unspecified atom stereocenters. The van der Waals surface area contributed by atoms with Crippen LogP contribution in [-0.2, 0) is 27.3 Å². The quantitative estimate of drug-likeness (QED) is 0.255. The summed E-state index contributed by atoms with van der Waals surface area (Å²) in [6.45, 7) is 1.20. The summed E-state index contributed by atoms with van der Waals surface area (Å²) in [5.74, 6) is -5.82. The van der Waals surface area contributed by atoms with Crippen molar-refractivity contribution in [2.24, 2.45) is 28.9 Å². The molecule has 7 N–H and O–H groups in total. The van der Waals surface area contributed by atoms with Crippen LogP contribution in [0.5, 0.6) is 5.75 Å². The summed E-state index contributed by atoms with van der Waals surface area (Å²) in [4.78, 5) is 43.0. The number of aromatic hydroxyl groups is 1. The van der Waals surface area contributed by atoms with Crippen molar-refractivity contribution < 1.29 is 34.8 Å². The highest BCUT2D eigenvalue weighted by atomic mass is 16.3. The fourth-order valence-electron chi connectivity index (χ4n) is 8.69. The van der Waals surface area contributed by atoms with Gasteiger partial charge in [0.2, 0.25) is 5.78 Å². The first kappa shape index (κ1) is 29.7. The van der Waals surface area contributed by atoms with Gasteiger partial charge in [-0.25, -0.2) is 0 Å². The van der Waals surface area contributed by atoms with E-state index in [2.05, 4.69) is 5.32 Å². The van der Waals surface area contributed by atoms with Crippen LogP contribution in [0, 0.1) is 23.2 Å². The van der Waals surface area contributed by atoms with E-state index in [4.69, 9.17) is 5.73 Å². The number of hydrogen-bond acceptors (Lipinski definition) is 10. The smallest absolute Gasteiger partial charge is 0.255 e. The second-order valence-corrected chi connectivity index (χ2v) is 13.9. The van der Waals surface area contributed by atoms with Crippen LogP contribution < -0.4 is 16.0 Å². The van der Waals surface area contributed by atoms with Crippen LogP contribution in [0.3, 0.4) is 0 Å². The number of fused-ring (bicyclic) bond motifs is 3. The molecule has 0 aromatic heterocycles. The standard InChI is InChI=1S/C32H42N4O7/c1-35(2)20-10-17(14-34-13-15-11-31(12-15)6-5-7-31)25(37)22-18(20)8-16-9-19-24(36(3)4)27(39)23(30(33)42)29(41)32(19,43)28(40)21(16)26(22)38/h10,15-16,19,24,34,37-38,41,43H,5-9,11-14H2,1-4H3,(H2,33,42)/t16-,19-,24-,32-/m0/s1. The Kier molecular flexibility index (Phi) is 6.94. The Morgan fingerprint density at radius 2 is 1.79 bits per heavy atom. The first-order valence-corrected chi connectivity index (χ1v) is 15.1. The van der Waals surface area contributed by atoms with Crippen molar-refractivity contribution in [2.45, 2.75) is 63.1 Å². The number of nitrogens with one attached hydrogen (secondary N) is 1. The molecular formula is C32H42N4O7. The van der Waals surface area contributed by atoms with Crippen molar-refractivity contribution in [2.75, 3.05) is 39.6 Å². The number of ketones is 2. The fraction of sp³-hybridized carbons (Fsp3) is 0.594. The third-order valence-corrected chi connectivity index (χ3v) is 10.9. The average Bonchev–Trinajstić information content (AvgIpc) is 2.87. The van der Waals surface area contributed by atoms with Gasteiger partial charge < -0.3 is 36.4 Å². The van der Waals surface area contributed by atoms with Crippen LogP contribution >= 0.6 is 0 Å². The van der Waals surface area contributed by atoms with Crippen LogP contribution in [0.1, 0.15) is 55.2 Å². The molecule has 6 rings (SSSR count). The zero-order valence-corrected chi connectivity index (χ0v) is 25.2. The number of aliphatic hydroxyl groups excluding tert-OH is 2. The van der Waals surface area contributed by atoms with Gasteiger partial charge in [-0.15, -0.1) is 0 Å². The largest absolute Gasteiger partial charge is 0.508 e. The highest BCUT2D eigenvalue weighted by Gasteiger charge is 2.64. The van der Waals surface area contributed by atoms with E-state index in [-0.39, 0.29) is 29.7 Å². The molecular weight excluding hydrogens is 552 g/mol. The van der Waals surface area contributed by atoms with Gasteiger partial charge >= 0.3 is 0 Å². The Morgan fingerprint density at radius 3 is 2.35 bits per heavy atom. The second kappa shape index (κ2) is 10.1. The van der Waals surface area contributed by atoms with Gasteiger partial charge in [0.05, 0.1) is 11.6 Å². The van der Waals surface area contributed by atoms with Crippen molar-refractivity contribution in [1.82, 2.24) is 10.2 Å². The number of hydrogen-bond donors (Lipinski definition) is 6. The second-order valence-electron chi connectivity index (χ2n) is 13.9. The normalized spacial score (nSPS) is 29.7. The predicted octanol–water partition coefficient (Wildman–Crippen LogP) is 1.70. The zero-order valence-electron chi connectivity index (χ0n) is 25.2. The SMILES string of the molecule is CN(C)c1cc(CNCC2CC3(CCC3)C2)c(O)c2c1C[C@H]1C[C@H]3[C@H](N(C)C)C(=O)C(C(N)=O)=C(O)[C@@]3(O)C(=O)C1=C2O. The number of nitrogens with two attached hydrogens (primary N) is 1. The van der Waals surface area contributed by atoms with Gasteiger partial charge in [-0.2, -0.15) is 0 Å². The number of rotatable bonds is 7. The van der Waals surface area contributed by atoms with Crippen molar-refractivity contribution in [3.63, 3.8) is 0 Å². The van der Waals surface area contributed by atoms with Gasteiger partial charge in [-0.3, -0.25) is 19.3 Å². The number of likely N-dealkylation sites (N-methyl/N-ethyl adjacent to an activating group) is 1. The molecule has 0 bridgehead atoms. The molecule has 232 valence electrons. The third kappa shape index (κ3) is 4.22. The molecule has 43 heavy (non-hydrogen) atoms. The number of benzene rings is 1. The molecule has 5 aliphatic carbocycles. The van der Waals surface area contributed by atoms with E-state index in [1.807, 2.05) is 25.1 Å². The van der Waals surface area contributed by atoms with Crippen LogP contribution in [0.4, 0.5) is 5.69 Å². The van der Waals surface area contributed by atoms with Gasteiger partial charge in [0, 0.05) is 43.4 Å². The van der Waals surface area contributed by atoms with Crippen molar-refractivity contribution in [3.8, 4) is 5.75 Å². The fourth-order valence-corrected chi connectivity index (χ4v) is 8.69. The number of carbonyl (C=O) groups excluding carboxylic acids is 3. The summed E-state index contributed by atoms with van der Waals surface area (Å²) in [6.07, 6.45) is 6.77. The van der Waals surface area contributed by atoms with Crippen molar-refractivity contribution in [3.05, 3.63) is 39.7 Å². The number of primary amides is 1. The molecule has 0 saturated heterocycles. The lowest BCUT2D eigenvalue weighted by atomic mass is 9.52. The number of phenols is 1. The number of aliphatic hydroxyl groups is 3.